The van der Waals surface area contributed by atoms with Gasteiger partial charge in [0.05, 0.1) is 13.2 Å². The molecule has 2 heterocycles. The Morgan fingerprint density at radius 3 is 2.42 bits per heavy atom. The predicted molar refractivity (Wildman–Crippen MR) is 96.7 cm³/mol. The fraction of sp³-hybridized carbons (Fsp3) is 0.579. The van der Waals surface area contributed by atoms with E-state index in [9.17, 15) is 14.7 Å². The molecule has 0 atom stereocenters. The van der Waals surface area contributed by atoms with Gasteiger partial charge in [0.1, 0.15) is 6.54 Å². The Bertz CT molecular complexity index is 651. The molecule has 2 aliphatic heterocycles. The lowest BCUT2D eigenvalue weighted by Crippen LogP contribution is -2.46. The van der Waals surface area contributed by atoms with Crippen LogP contribution in [0.3, 0.4) is 0 Å². The maximum Gasteiger partial charge on any atom is 0.323 e. The molecular weight excluding hydrogens is 336 g/mol. The van der Waals surface area contributed by atoms with Crippen LogP contribution in [0.4, 0.5) is 5.69 Å². The molecule has 0 radical (unpaired) electrons. The van der Waals surface area contributed by atoms with Crippen molar-refractivity contribution in [1.29, 1.82) is 0 Å². The first-order valence-electron chi connectivity index (χ1n) is 9.10. The van der Waals surface area contributed by atoms with Crippen LogP contribution in [0.2, 0.25) is 0 Å². The van der Waals surface area contributed by atoms with Crippen molar-refractivity contribution in [3.8, 4) is 0 Å². The minimum atomic E-state index is -0.994. The van der Waals surface area contributed by atoms with Gasteiger partial charge in [-0.05, 0) is 43.5 Å². The van der Waals surface area contributed by atoms with Crippen LogP contribution in [-0.2, 0) is 14.3 Å². The number of anilines is 1. The van der Waals surface area contributed by atoms with Gasteiger partial charge in [-0.2, -0.15) is 0 Å². The average Bonchev–Trinajstić information content (AvgIpc) is 2.66. The lowest BCUT2D eigenvalue weighted by Gasteiger charge is -2.34. The minimum absolute atomic E-state index is 0.0911. The minimum Gasteiger partial charge on any atom is -0.480 e. The fourth-order valence-corrected chi connectivity index (χ4v) is 3.62. The number of rotatable bonds is 5. The summed E-state index contributed by atoms with van der Waals surface area (Å²) >= 11 is 0. The normalized spacial score (nSPS) is 18.6. The molecule has 0 unspecified atom stereocenters. The van der Waals surface area contributed by atoms with Crippen LogP contribution < -0.4 is 4.90 Å². The third kappa shape index (κ3) is 4.34. The second-order valence-electron chi connectivity index (χ2n) is 6.77. The van der Waals surface area contributed by atoms with E-state index in [-0.39, 0.29) is 18.5 Å². The maximum atomic E-state index is 13.0. The summed E-state index contributed by atoms with van der Waals surface area (Å²) in [5, 5.41) is 9.24. The predicted octanol–water partition coefficient (Wildman–Crippen LogP) is 1.54. The lowest BCUT2D eigenvalue weighted by atomic mass is 10.0. The van der Waals surface area contributed by atoms with E-state index in [0.717, 1.165) is 24.3 Å². The van der Waals surface area contributed by atoms with Crippen LogP contribution in [0, 0.1) is 6.92 Å². The second kappa shape index (κ2) is 8.51. The quantitative estimate of drug-likeness (QED) is 0.856. The van der Waals surface area contributed by atoms with Crippen molar-refractivity contribution in [1.82, 2.24) is 4.90 Å². The van der Waals surface area contributed by atoms with Crippen molar-refractivity contribution >= 4 is 17.6 Å². The number of nitrogens with zero attached hydrogens (tertiary/aromatic N) is 2. The van der Waals surface area contributed by atoms with Crippen molar-refractivity contribution in [2.45, 2.75) is 25.8 Å². The Labute approximate surface area is 153 Å². The van der Waals surface area contributed by atoms with Gasteiger partial charge in [0.2, 0.25) is 0 Å². The highest BCUT2D eigenvalue weighted by molar-refractivity contribution is 5.96. The topological polar surface area (TPSA) is 79.3 Å². The number of ether oxygens (including phenoxy) is 2. The Kier molecular flexibility index (Phi) is 6.11. The summed E-state index contributed by atoms with van der Waals surface area (Å²) in [6, 6.07) is 5.53. The van der Waals surface area contributed by atoms with E-state index in [4.69, 9.17) is 9.47 Å². The molecule has 2 saturated heterocycles. The summed E-state index contributed by atoms with van der Waals surface area (Å²) in [6.07, 6.45) is 1.34. The molecule has 7 nitrogen and oxygen atoms in total. The summed E-state index contributed by atoms with van der Waals surface area (Å²) in [5.74, 6) is -1.22. The highest BCUT2D eigenvalue weighted by atomic mass is 16.5. The lowest BCUT2D eigenvalue weighted by molar-refractivity contribution is -0.138. The van der Waals surface area contributed by atoms with Crippen LogP contribution in [0.15, 0.2) is 18.2 Å². The monoisotopic (exact) mass is 362 g/mol. The van der Waals surface area contributed by atoms with E-state index in [1.54, 1.807) is 6.07 Å². The van der Waals surface area contributed by atoms with E-state index < -0.39 is 5.97 Å². The van der Waals surface area contributed by atoms with Crippen LogP contribution in [0.5, 0.6) is 0 Å². The smallest absolute Gasteiger partial charge is 0.323 e. The molecule has 0 aromatic heterocycles. The molecule has 1 N–H and O–H groups in total. The van der Waals surface area contributed by atoms with Crippen LogP contribution in [0.1, 0.15) is 28.8 Å². The molecule has 26 heavy (non-hydrogen) atoms. The highest BCUT2D eigenvalue weighted by Crippen LogP contribution is 2.24. The molecule has 0 spiro atoms. The second-order valence-corrected chi connectivity index (χ2v) is 6.77. The number of hydrogen-bond donors (Lipinski definition) is 1. The van der Waals surface area contributed by atoms with Gasteiger partial charge in [-0.15, -0.1) is 0 Å². The molecule has 1 aromatic carbocycles. The molecule has 0 aliphatic carbocycles. The van der Waals surface area contributed by atoms with Crippen LogP contribution in [0.25, 0.3) is 0 Å². The van der Waals surface area contributed by atoms with Crippen molar-refractivity contribution in [3.05, 3.63) is 29.3 Å². The molecule has 2 aliphatic rings. The summed E-state index contributed by atoms with van der Waals surface area (Å²) in [7, 11) is 0. The highest BCUT2D eigenvalue weighted by Gasteiger charge is 2.28. The van der Waals surface area contributed by atoms with Crippen LogP contribution >= 0.6 is 0 Å². The number of aliphatic carboxylic acids is 1. The Hall–Kier alpha value is -2.12. The summed E-state index contributed by atoms with van der Waals surface area (Å²) in [6.45, 7) is 5.90. The van der Waals surface area contributed by atoms with Crippen molar-refractivity contribution in [2.75, 3.05) is 51.0 Å². The zero-order valence-corrected chi connectivity index (χ0v) is 15.1. The molecule has 1 amide bonds. The number of morpholine rings is 1. The largest absolute Gasteiger partial charge is 0.480 e. The first-order chi connectivity index (χ1) is 12.6. The van der Waals surface area contributed by atoms with E-state index >= 15 is 0 Å². The Morgan fingerprint density at radius 1 is 1.15 bits per heavy atom. The molecule has 0 saturated carbocycles. The first kappa shape index (κ1) is 18.7. The number of amides is 1. The van der Waals surface area contributed by atoms with Gasteiger partial charge < -0.3 is 24.4 Å². The average molecular weight is 362 g/mol. The molecule has 142 valence electrons. The van der Waals surface area contributed by atoms with Gasteiger partial charge in [-0.1, -0.05) is 0 Å². The van der Waals surface area contributed by atoms with Crippen molar-refractivity contribution < 1.29 is 24.2 Å². The number of carbonyl (C=O) groups is 2. The molecule has 3 rings (SSSR count). The molecule has 1 aromatic rings. The van der Waals surface area contributed by atoms with E-state index in [1.807, 2.05) is 19.1 Å². The number of carboxylic acids is 1. The summed E-state index contributed by atoms with van der Waals surface area (Å²) < 4.78 is 10.7. The maximum absolute atomic E-state index is 13.0. The molecule has 0 bridgehead atoms. The third-order valence-electron chi connectivity index (χ3n) is 4.99. The number of aryl methyl sites for hydroxylation is 1. The fourth-order valence-electron chi connectivity index (χ4n) is 3.62. The SMILES string of the molecule is Cc1cc(C(=O)N(CC(=O)O)C2CCOCC2)ccc1N1CCOCC1. The summed E-state index contributed by atoms with van der Waals surface area (Å²) in [4.78, 5) is 28.0. The number of benzene rings is 1. The number of carboxylic acid groups (broad SMARTS) is 1. The molecule has 7 heteroatoms. The van der Waals surface area contributed by atoms with Gasteiger partial charge in [0.25, 0.3) is 5.91 Å². The third-order valence-corrected chi connectivity index (χ3v) is 4.99. The molecule has 2 fully saturated rings. The van der Waals surface area contributed by atoms with Gasteiger partial charge in [-0.25, -0.2) is 0 Å². The molecular formula is C19H26N2O5. The van der Waals surface area contributed by atoms with Gasteiger partial charge in [-0.3, -0.25) is 9.59 Å². The van der Waals surface area contributed by atoms with E-state index in [1.165, 1.54) is 4.90 Å². The number of hydrogen-bond acceptors (Lipinski definition) is 5. The first-order valence-corrected chi connectivity index (χ1v) is 9.10. The zero-order valence-electron chi connectivity index (χ0n) is 15.1. The van der Waals surface area contributed by atoms with Gasteiger partial charge in [0.15, 0.2) is 0 Å². The van der Waals surface area contributed by atoms with Crippen molar-refractivity contribution in [2.24, 2.45) is 0 Å². The number of carbonyl (C=O) groups excluding carboxylic acids is 1. The van der Waals surface area contributed by atoms with E-state index in [2.05, 4.69) is 4.90 Å². The van der Waals surface area contributed by atoms with E-state index in [0.29, 0.717) is 44.8 Å². The standard InChI is InChI=1S/C19H26N2O5/c1-14-12-15(2-3-17(14)20-6-10-26-11-7-20)19(24)21(13-18(22)23)16-4-8-25-9-5-16/h2-3,12,16H,4-11,13H2,1H3,(H,22,23). The van der Waals surface area contributed by atoms with Gasteiger partial charge >= 0.3 is 5.97 Å². The van der Waals surface area contributed by atoms with Gasteiger partial charge in [0, 0.05) is 43.6 Å². The Balaban J connectivity index is 1.79. The van der Waals surface area contributed by atoms with Crippen molar-refractivity contribution in [3.63, 3.8) is 0 Å². The Morgan fingerprint density at radius 2 is 1.81 bits per heavy atom. The van der Waals surface area contributed by atoms with Crippen LogP contribution in [-0.4, -0.2) is 74.0 Å². The summed E-state index contributed by atoms with van der Waals surface area (Å²) in [5.41, 5.74) is 2.65. The zero-order chi connectivity index (χ0) is 18.5.